The molecule has 4 nitrogen and oxygen atoms in total. The van der Waals surface area contributed by atoms with Crippen LogP contribution in [-0.4, -0.2) is 13.9 Å². The lowest BCUT2D eigenvalue weighted by molar-refractivity contribution is -0.137. The third-order valence-corrected chi connectivity index (χ3v) is 3.89. The zero-order chi connectivity index (χ0) is 15.9. The van der Waals surface area contributed by atoms with E-state index in [0.717, 1.165) is 0 Å². The molecule has 0 saturated heterocycles. The normalized spacial score (nSPS) is 13.4. The SMILES string of the molecule is NNc1c(Cl)cc(S(=O)(=O)C(F)(F)F)cc1C(F)(F)F. The van der Waals surface area contributed by atoms with E-state index in [1.807, 2.05) is 0 Å². The van der Waals surface area contributed by atoms with E-state index in [-0.39, 0.29) is 12.1 Å². The van der Waals surface area contributed by atoms with E-state index >= 15 is 0 Å². The Morgan fingerprint density at radius 1 is 1.10 bits per heavy atom. The lowest BCUT2D eigenvalue weighted by atomic mass is 10.1. The van der Waals surface area contributed by atoms with Gasteiger partial charge in [0.15, 0.2) is 0 Å². The molecular formula is C8H5ClF6N2O2S. The van der Waals surface area contributed by atoms with Crippen molar-refractivity contribution in [3.05, 3.63) is 22.7 Å². The fourth-order valence-corrected chi connectivity index (χ4v) is 2.39. The molecule has 0 spiro atoms. The van der Waals surface area contributed by atoms with Gasteiger partial charge in [0, 0.05) is 0 Å². The van der Waals surface area contributed by atoms with E-state index in [0.29, 0.717) is 0 Å². The summed E-state index contributed by atoms with van der Waals surface area (Å²) in [5.74, 6) is 4.79. The van der Waals surface area contributed by atoms with Gasteiger partial charge < -0.3 is 5.43 Å². The second-order valence-corrected chi connectivity index (χ2v) is 5.77. The van der Waals surface area contributed by atoms with Gasteiger partial charge in [-0.3, -0.25) is 5.84 Å². The van der Waals surface area contributed by atoms with Crippen molar-refractivity contribution in [2.45, 2.75) is 16.6 Å². The number of benzene rings is 1. The average molecular weight is 343 g/mol. The summed E-state index contributed by atoms with van der Waals surface area (Å²) in [5.41, 5.74) is -6.85. The topological polar surface area (TPSA) is 72.2 Å². The van der Waals surface area contributed by atoms with E-state index < -0.39 is 42.7 Å². The lowest BCUT2D eigenvalue weighted by Crippen LogP contribution is -2.24. The molecule has 20 heavy (non-hydrogen) atoms. The van der Waals surface area contributed by atoms with Gasteiger partial charge in [-0.2, -0.15) is 26.3 Å². The molecule has 12 heteroatoms. The van der Waals surface area contributed by atoms with Gasteiger partial charge in [0.2, 0.25) is 0 Å². The van der Waals surface area contributed by atoms with Crippen LogP contribution in [0.25, 0.3) is 0 Å². The number of nitrogens with one attached hydrogen (secondary N) is 1. The zero-order valence-corrected chi connectivity index (χ0v) is 10.7. The van der Waals surface area contributed by atoms with Crippen LogP contribution in [0.3, 0.4) is 0 Å². The standard InChI is InChI=1S/C8H5ClF6N2O2S/c9-5-2-3(20(18,19)8(13,14)15)1-4(6(5)17-16)7(10,11)12/h1-2,17H,16H2. The summed E-state index contributed by atoms with van der Waals surface area (Å²) < 4.78 is 97.0. The van der Waals surface area contributed by atoms with Gasteiger partial charge in [-0.1, -0.05) is 11.6 Å². The Morgan fingerprint density at radius 3 is 1.95 bits per heavy atom. The van der Waals surface area contributed by atoms with Crippen molar-refractivity contribution in [3.63, 3.8) is 0 Å². The number of hydrogen-bond acceptors (Lipinski definition) is 4. The Balaban J connectivity index is 3.68. The molecule has 0 aliphatic carbocycles. The van der Waals surface area contributed by atoms with E-state index in [1.54, 1.807) is 5.43 Å². The molecule has 114 valence electrons. The van der Waals surface area contributed by atoms with Gasteiger partial charge in [0.05, 0.1) is 21.2 Å². The summed E-state index contributed by atoms with van der Waals surface area (Å²) in [6.45, 7) is 0. The minimum Gasteiger partial charge on any atom is -0.322 e. The lowest BCUT2D eigenvalue weighted by Gasteiger charge is -2.16. The molecule has 0 radical (unpaired) electrons. The number of alkyl halides is 6. The Hall–Kier alpha value is -1.20. The molecule has 0 heterocycles. The second kappa shape index (κ2) is 4.97. The highest BCUT2D eigenvalue weighted by atomic mass is 35.5. The number of halogens is 7. The maximum Gasteiger partial charge on any atom is 0.501 e. The first kappa shape index (κ1) is 16.9. The van der Waals surface area contributed by atoms with Gasteiger partial charge in [-0.25, -0.2) is 8.42 Å². The number of nitrogens with two attached hydrogens (primary N) is 1. The number of rotatable bonds is 2. The summed E-state index contributed by atoms with van der Waals surface area (Å²) in [6, 6.07) is 0.0404. The predicted molar refractivity (Wildman–Crippen MR) is 57.5 cm³/mol. The Morgan fingerprint density at radius 2 is 1.60 bits per heavy atom. The van der Waals surface area contributed by atoms with Gasteiger partial charge in [-0.15, -0.1) is 0 Å². The van der Waals surface area contributed by atoms with Crippen LogP contribution >= 0.6 is 11.6 Å². The van der Waals surface area contributed by atoms with Crippen molar-refractivity contribution in [1.29, 1.82) is 0 Å². The molecule has 0 bridgehead atoms. The van der Waals surface area contributed by atoms with Gasteiger partial charge in [-0.05, 0) is 12.1 Å². The third kappa shape index (κ3) is 2.94. The van der Waals surface area contributed by atoms with Gasteiger partial charge >= 0.3 is 11.7 Å². The molecule has 0 unspecified atom stereocenters. The molecule has 0 aromatic heterocycles. The number of anilines is 1. The Kier molecular flexibility index (Phi) is 4.19. The van der Waals surface area contributed by atoms with Crippen LogP contribution in [0.15, 0.2) is 17.0 Å². The van der Waals surface area contributed by atoms with Crippen LogP contribution in [0, 0.1) is 0 Å². The molecule has 0 saturated carbocycles. The molecular weight excluding hydrogens is 338 g/mol. The van der Waals surface area contributed by atoms with Crippen LogP contribution in [0.1, 0.15) is 5.56 Å². The van der Waals surface area contributed by atoms with Crippen LogP contribution in [0.4, 0.5) is 32.0 Å². The van der Waals surface area contributed by atoms with Crippen LogP contribution < -0.4 is 11.3 Å². The second-order valence-electron chi connectivity index (χ2n) is 3.42. The van der Waals surface area contributed by atoms with E-state index in [2.05, 4.69) is 0 Å². The van der Waals surface area contributed by atoms with Gasteiger partial charge in [0.1, 0.15) is 0 Å². The maximum atomic E-state index is 12.6. The number of hydrazine groups is 1. The van der Waals surface area contributed by atoms with Gasteiger partial charge in [0.25, 0.3) is 9.84 Å². The monoisotopic (exact) mass is 342 g/mol. The van der Waals surface area contributed by atoms with E-state index in [9.17, 15) is 34.8 Å². The molecule has 0 aliphatic heterocycles. The molecule has 0 fully saturated rings. The molecule has 1 aromatic carbocycles. The van der Waals surface area contributed by atoms with Crippen molar-refractivity contribution in [3.8, 4) is 0 Å². The molecule has 1 rings (SSSR count). The van der Waals surface area contributed by atoms with Crippen molar-refractivity contribution in [2.75, 3.05) is 5.43 Å². The van der Waals surface area contributed by atoms with Crippen LogP contribution in [0.5, 0.6) is 0 Å². The fraction of sp³-hybridized carbons (Fsp3) is 0.250. The van der Waals surface area contributed by atoms with Crippen molar-refractivity contribution < 1.29 is 34.8 Å². The Bertz CT molecular complexity index is 625. The summed E-state index contributed by atoms with van der Waals surface area (Å²) in [7, 11) is -5.96. The zero-order valence-electron chi connectivity index (χ0n) is 9.10. The van der Waals surface area contributed by atoms with E-state index in [1.165, 1.54) is 0 Å². The minimum absolute atomic E-state index is 0.191. The first-order valence-corrected chi connectivity index (χ1v) is 6.37. The van der Waals surface area contributed by atoms with E-state index in [4.69, 9.17) is 17.4 Å². The van der Waals surface area contributed by atoms with Crippen LogP contribution in [0.2, 0.25) is 5.02 Å². The molecule has 1 aromatic rings. The van der Waals surface area contributed by atoms with Crippen molar-refractivity contribution in [2.24, 2.45) is 5.84 Å². The highest BCUT2D eigenvalue weighted by Gasteiger charge is 2.48. The first-order chi connectivity index (χ1) is 8.82. The number of sulfone groups is 1. The number of nitrogen functional groups attached to an aromatic ring is 1. The highest BCUT2D eigenvalue weighted by molar-refractivity contribution is 7.92. The third-order valence-electron chi connectivity index (χ3n) is 2.13. The molecule has 0 aliphatic rings. The average Bonchev–Trinajstić information content (AvgIpc) is 2.24. The number of hydrogen-bond donors (Lipinski definition) is 2. The largest absolute Gasteiger partial charge is 0.501 e. The summed E-state index contributed by atoms with van der Waals surface area (Å²) in [6.07, 6.45) is -5.15. The quantitative estimate of drug-likeness (QED) is 0.492. The highest BCUT2D eigenvalue weighted by Crippen LogP contribution is 2.42. The first-order valence-electron chi connectivity index (χ1n) is 4.51. The van der Waals surface area contributed by atoms with Crippen molar-refractivity contribution in [1.82, 2.24) is 0 Å². The maximum absolute atomic E-state index is 12.6. The molecule has 3 N–H and O–H groups in total. The fourth-order valence-electron chi connectivity index (χ4n) is 1.24. The van der Waals surface area contributed by atoms with Crippen molar-refractivity contribution >= 4 is 27.1 Å². The molecule has 0 amide bonds. The summed E-state index contributed by atoms with van der Waals surface area (Å²) in [4.78, 5) is -1.62. The summed E-state index contributed by atoms with van der Waals surface area (Å²) in [5, 5.41) is -0.912. The van der Waals surface area contributed by atoms with Crippen LogP contribution in [-0.2, 0) is 16.0 Å². The Labute approximate surface area is 113 Å². The summed E-state index contributed by atoms with van der Waals surface area (Å²) >= 11 is 5.32. The molecule has 0 atom stereocenters. The minimum atomic E-state index is -5.96. The predicted octanol–water partition coefficient (Wildman–Crippen LogP) is 2.94. The smallest absolute Gasteiger partial charge is 0.322 e.